The predicted octanol–water partition coefficient (Wildman–Crippen LogP) is 3.89. The molecule has 7 nitrogen and oxygen atoms in total. The van der Waals surface area contributed by atoms with Gasteiger partial charge in [0, 0.05) is 35.0 Å². The van der Waals surface area contributed by atoms with E-state index in [1.54, 1.807) is 24.3 Å². The molecule has 4 rings (SSSR count). The molecule has 1 aliphatic rings. The molecule has 0 saturated heterocycles. The van der Waals surface area contributed by atoms with Gasteiger partial charge in [-0.3, -0.25) is 14.6 Å². The highest BCUT2D eigenvalue weighted by atomic mass is 19.1. The van der Waals surface area contributed by atoms with E-state index < -0.39 is 11.7 Å². The minimum atomic E-state index is -0.504. The molecular weight excluding hydrogens is 387 g/mol. The number of benzene rings is 1. The van der Waals surface area contributed by atoms with Gasteiger partial charge in [-0.05, 0) is 37.1 Å². The molecule has 0 radical (unpaired) electrons. The lowest BCUT2D eigenvalue weighted by Crippen LogP contribution is -2.16. The Hall–Kier alpha value is -3.81. The van der Waals surface area contributed by atoms with E-state index in [9.17, 15) is 14.0 Å². The number of anilines is 2. The maximum Gasteiger partial charge on any atom is 0.255 e. The molecule has 0 aliphatic heterocycles. The lowest BCUT2D eigenvalue weighted by Gasteiger charge is -2.10. The first kappa shape index (κ1) is 19.5. The fraction of sp³-hybridized carbons (Fsp3) is 0.182. The second kappa shape index (κ2) is 8.28. The SMILES string of the molecule is COc1cccc(-c2cncc(NC(=O)c3ccnc(NC(=O)C4CC4)c3)c2)c1F. The third-order valence-corrected chi connectivity index (χ3v) is 4.71. The number of carbonyl (C=O) groups excluding carboxylic acids is 2. The van der Waals surface area contributed by atoms with Crippen molar-refractivity contribution in [2.24, 2.45) is 5.92 Å². The van der Waals surface area contributed by atoms with Gasteiger partial charge >= 0.3 is 0 Å². The molecule has 8 heteroatoms. The van der Waals surface area contributed by atoms with E-state index in [1.165, 1.54) is 37.8 Å². The van der Waals surface area contributed by atoms with Crippen LogP contribution in [0.15, 0.2) is 55.0 Å². The summed E-state index contributed by atoms with van der Waals surface area (Å²) in [5, 5.41) is 5.45. The fourth-order valence-corrected chi connectivity index (χ4v) is 2.96. The number of methoxy groups -OCH3 is 1. The molecule has 0 spiro atoms. The quantitative estimate of drug-likeness (QED) is 0.648. The maximum atomic E-state index is 14.5. The molecule has 2 N–H and O–H groups in total. The average Bonchev–Trinajstić information content (AvgIpc) is 3.60. The van der Waals surface area contributed by atoms with Gasteiger partial charge in [-0.1, -0.05) is 12.1 Å². The number of hydrogen-bond acceptors (Lipinski definition) is 5. The Bertz CT molecular complexity index is 1120. The van der Waals surface area contributed by atoms with Crippen molar-refractivity contribution in [3.05, 3.63) is 66.4 Å². The summed E-state index contributed by atoms with van der Waals surface area (Å²) in [6.45, 7) is 0. The van der Waals surface area contributed by atoms with Crippen molar-refractivity contribution in [2.75, 3.05) is 17.7 Å². The zero-order valence-corrected chi connectivity index (χ0v) is 16.2. The number of ether oxygens (including phenoxy) is 1. The maximum absolute atomic E-state index is 14.5. The van der Waals surface area contributed by atoms with Crippen LogP contribution in [-0.2, 0) is 4.79 Å². The highest BCUT2D eigenvalue weighted by molar-refractivity contribution is 6.05. The summed E-state index contributed by atoms with van der Waals surface area (Å²) in [7, 11) is 1.40. The van der Waals surface area contributed by atoms with Crippen molar-refractivity contribution in [3.8, 4) is 16.9 Å². The molecule has 1 aliphatic carbocycles. The Morgan fingerprint density at radius 1 is 1.13 bits per heavy atom. The van der Waals surface area contributed by atoms with Crippen molar-refractivity contribution in [1.82, 2.24) is 9.97 Å². The first-order valence-corrected chi connectivity index (χ1v) is 9.41. The van der Waals surface area contributed by atoms with Crippen molar-refractivity contribution >= 4 is 23.3 Å². The second-order valence-electron chi connectivity index (χ2n) is 6.93. The lowest BCUT2D eigenvalue weighted by molar-refractivity contribution is -0.117. The van der Waals surface area contributed by atoms with Crippen LogP contribution in [0.4, 0.5) is 15.9 Å². The fourth-order valence-electron chi connectivity index (χ4n) is 2.96. The number of rotatable bonds is 6. The van der Waals surface area contributed by atoms with Crippen molar-refractivity contribution in [1.29, 1.82) is 0 Å². The van der Waals surface area contributed by atoms with E-state index in [0.29, 0.717) is 28.2 Å². The van der Waals surface area contributed by atoms with Gasteiger partial charge in [-0.15, -0.1) is 0 Å². The molecule has 2 aromatic heterocycles. The number of nitrogens with one attached hydrogen (secondary N) is 2. The third kappa shape index (κ3) is 4.27. The summed E-state index contributed by atoms with van der Waals surface area (Å²) in [4.78, 5) is 32.7. The van der Waals surface area contributed by atoms with Crippen molar-refractivity contribution < 1.29 is 18.7 Å². The van der Waals surface area contributed by atoms with Crippen LogP contribution < -0.4 is 15.4 Å². The molecule has 0 unspecified atom stereocenters. The Morgan fingerprint density at radius 3 is 2.73 bits per heavy atom. The molecule has 152 valence electrons. The van der Waals surface area contributed by atoms with Crippen LogP contribution in [0.3, 0.4) is 0 Å². The smallest absolute Gasteiger partial charge is 0.255 e. The van der Waals surface area contributed by atoms with Gasteiger partial charge in [0.15, 0.2) is 11.6 Å². The molecule has 0 bridgehead atoms. The Labute approximate surface area is 172 Å². The van der Waals surface area contributed by atoms with Crippen LogP contribution in [0.5, 0.6) is 5.75 Å². The van der Waals surface area contributed by atoms with Gasteiger partial charge in [0.2, 0.25) is 5.91 Å². The van der Waals surface area contributed by atoms with E-state index in [2.05, 4.69) is 20.6 Å². The largest absolute Gasteiger partial charge is 0.494 e. The standard InChI is InChI=1S/C22H19FN4O3/c1-30-18-4-2-3-17(20(18)23)15-9-16(12-24-11-15)26-22(29)14-7-8-25-19(10-14)27-21(28)13-5-6-13/h2-4,7-13H,5-6H2,1H3,(H,26,29)(H,25,27,28). The van der Waals surface area contributed by atoms with Crippen LogP contribution in [0.1, 0.15) is 23.2 Å². The van der Waals surface area contributed by atoms with Crippen LogP contribution >= 0.6 is 0 Å². The number of hydrogen-bond donors (Lipinski definition) is 2. The minimum absolute atomic E-state index is 0.0371. The number of halogens is 1. The van der Waals surface area contributed by atoms with Crippen LogP contribution in [-0.4, -0.2) is 28.9 Å². The molecule has 30 heavy (non-hydrogen) atoms. The van der Waals surface area contributed by atoms with Crippen LogP contribution in [0, 0.1) is 11.7 Å². The lowest BCUT2D eigenvalue weighted by atomic mass is 10.1. The van der Waals surface area contributed by atoms with Crippen LogP contribution in [0.25, 0.3) is 11.1 Å². The molecular formula is C22H19FN4O3. The van der Waals surface area contributed by atoms with Gasteiger partial charge in [0.25, 0.3) is 5.91 Å². The van der Waals surface area contributed by atoms with E-state index in [1.807, 2.05) is 0 Å². The summed E-state index contributed by atoms with van der Waals surface area (Å²) < 4.78 is 19.6. The number of amides is 2. The summed E-state index contributed by atoms with van der Waals surface area (Å²) in [6.07, 6.45) is 6.19. The average molecular weight is 406 g/mol. The van der Waals surface area contributed by atoms with Gasteiger partial charge in [-0.25, -0.2) is 9.37 Å². The zero-order valence-electron chi connectivity index (χ0n) is 16.2. The molecule has 1 saturated carbocycles. The van der Waals surface area contributed by atoms with Gasteiger partial charge < -0.3 is 15.4 Å². The first-order valence-electron chi connectivity index (χ1n) is 9.41. The number of carbonyl (C=O) groups is 2. The number of pyridine rings is 2. The second-order valence-corrected chi connectivity index (χ2v) is 6.93. The van der Waals surface area contributed by atoms with Crippen molar-refractivity contribution in [3.63, 3.8) is 0 Å². The van der Waals surface area contributed by atoms with Crippen molar-refractivity contribution in [2.45, 2.75) is 12.8 Å². The summed E-state index contributed by atoms with van der Waals surface area (Å²) in [5.41, 5.74) is 1.54. The molecule has 2 amide bonds. The van der Waals surface area contributed by atoms with Crippen LogP contribution in [0.2, 0.25) is 0 Å². The molecule has 3 aromatic rings. The van der Waals surface area contributed by atoms with E-state index in [-0.39, 0.29) is 17.6 Å². The third-order valence-electron chi connectivity index (χ3n) is 4.71. The molecule has 1 aromatic carbocycles. The Balaban J connectivity index is 1.52. The highest BCUT2D eigenvalue weighted by Gasteiger charge is 2.29. The Kier molecular flexibility index (Phi) is 5.38. The van der Waals surface area contributed by atoms with Gasteiger partial charge in [0.05, 0.1) is 19.0 Å². The van der Waals surface area contributed by atoms with Gasteiger partial charge in [-0.2, -0.15) is 0 Å². The minimum Gasteiger partial charge on any atom is -0.494 e. The van der Waals surface area contributed by atoms with E-state index in [4.69, 9.17) is 4.74 Å². The van der Waals surface area contributed by atoms with E-state index >= 15 is 0 Å². The first-order chi connectivity index (χ1) is 14.5. The predicted molar refractivity (Wildman–Crippen MR) is 110 cm³/mol. The summed E-state index contributed by atoms with van der Waals surface area (Å²) in [5.74, 6) is -0.503. The summed E-state index contributed by atoms with van der Waals surface area (Å²) >= 11 is 0. The highest BCUT2D eigenvalue weighted by Crippen LogP contribution is 2.31. The zero-order chi connectivity index (χ0) is 21.1. The topological polar surface area (TPSA) is 93.2 Å². The number of aromatic nitrogens is 2. The molecule has 1 fully saturated rings. The molecule has 2 heterocycles. The van der Waals surface area contributed by atoms with E-state index in [0.717, 1.165) is 12.8 Å². The van der Waals surface area contributed by atoms with Gasteiger partial charge in [0.1, 0.15) is 5.82 Å². The Morgan fingerprint density at radius 2 is 1.97 bits per heavy atom. The summed E-state index contributed by atoms with van der Waals surface area (Å²) in [6, 6.07) is 9.49. The molecule has 0 atom stereocenters. The monoisotopic (exact) mass is 406 g/mol. The number of nitrogens with zero attached hydrogens (tertiary/aromatic N) is 2. The normalized spacial score (nSPS) is 12.9.